The molecule has 0 unspecified atom stereocenters. The van der Waals surface area contributed by atoms with Crippen LogP contribution < -0.4 is 10.5 Å². The summed E-state index contributed by atoms with van der Waals surface area (Å²) < 4.78 is 1.24. The number of hydrogen-bond acceptors (Lipinski definition) is 3. The van der Waals surface area contributed by atoms with E-state index in [2.05, 4.69) is 72.9 Å². The molecule has 4 aromatic rings. The summed E-state index contributed by atoms with van der Waals surface area (Å²) in [5, 5.41) is 12.4. The zero-order chi connectivity index (χ0) is 26.9. The third-order valence-electron chi connectivity index (χ3n) is 7.20. The zero-order valence-corrected chi connectivity index (χ0v) is 21.9. The van der Waals surface area contributed by atoms with E-state index in [1.165, 1.54) is 33.3 Å². The van der Waals surface area contributed by atoms with Crippen molar-refractivity contribution >= 4 is 29.5 Å². The van der Waals surface area contributed by atoms with Gasteiger partial charge in [0.15, 0.2) is 5.69 Å². The molecule has 2 N–H and O–H groups in total. The van der Waals surface area contributed by atoms with Gasteiger partial charge in [-0.1, -0.05) is 55.8 Å². The molecule has 0 atom stereocenters. The van der Waals surface area contributed by atoms with Crippen LogP contribution in [-0.2, 0) is 5.41 Å². The maximum Gasteiger partial charge on any atom is 0.354 e. The lowest BCUT2D eigenvalue weighted by atomic mass is 9.80. The molecular formula is C32H31N3O3. The summed E-state index contributed by atoms with van der Waals surface area (Å²) in [6, 6.07) is 23.9. The van der Waals surface area contributed by atoms with E-state index in [1.807, 2.05) is 12.1 Å². The van der Waals surface area contributed by atoms with E-state index in [1.54, 1.807) is 30.3 Å². The van der Waals surface area contributed by atoms with Crippen molar-refractivity contribution in [3.8, 4) is 5.69 Å². The van der Waals surface area contributed by atoms with E-state index in [9.17, 15) is 14.7 Å². The highest BCUT2D eigenvalue weighted by Crippen LogP contribution is 2.42. The van der Waals surface area contributed by atoms with Crippen LogP contribution in [0.2, 0.25) is 0 Å². The van der Waals surface area contributed by atoms with Crippen LogP contribution in [0.3, 0.4) is 0 Å². The lowest BCUT2D eigenvalue weighted by molar-refractivity contribution is 0.0689. The van der Waals surface area contributed by atoms with Gasteiger partial charge in [0.1, 0.15) is 0 Å². The number of anilines is 2. The van der Waals surface area contributed by atoms with E-state index in [0.29, 0.717) is 5.69 Å². The number of aryl methyl sites for hydroxylation is 1. The molecule has 192 valence electrons. The number of benzene rings is 3. The molecule has 0 fully saturated rings. The minimum atomic E-state index is -1.20. The Morgan fingerprint density at radius 1 is 1.00 bits per heavy atom. The first kappa shape index (κ1) is 25.1. The molecule has 6 heteroatoms. The molecule has 2 heterocycles. The van der Waals surface area contributed by atoms with Crippen LogP contribution in [0.4, 0.5) is 11.4 Å². The number of rotatable bonds is 5. The van der Waals surface area contributed by atoms with Gasteiger partial charge in [-0.15, -0.1) is 5.73 Å². The summed E-state index contributed by atoms with van der Waals surface area (Å²) in [6.07, 6.45) is 5.38. The van der Waals surface area contributed by atoms with E-state index in [-0.39, 0.29) is 16.7 Å². The number of carboxylic acid groups (broad SMARTS) is 1. The second kappa shape index (κ2) is 10.1. The molecule has 0 aliphatic carbocycles. The summed E-state index contributed by atoms with van der Waals surface area (Å²) in [6.45, 7) is 7.60. The number of carboxylic acids is 1. The third kappa shape index (κ3) is 4.86. The standard InChI is InChI=1S/C32H31N3O3/c1-22-13-16-24(17-14-22)34-20-8-19-32(2,3)27-21-23(15-18-28(27)34)9-7-12-26-29(31(37)38)33-35(30(26)36)25-10-5-4-6-11-25/h4-6,9-18,21,33H,8,19-20H2,1-3H3,(H,37,38). The molecular weight excluding hydrogens is 474 g/mol. The Morgan fingerprint density at radius 2 is 1.74 bits per heavy atom. The highest BCUT2D eigenvalue weighted by atomic mass is 16.4. The fourth-order valence-corrected chi connectivity index (χ4v) is 5.08. The topological polar surface area (TPSA) is 78.3 Å². The zero-order valence-electron chi connectivity index (χ0n) is 21.9. The predicted octanol–water partition coefficient (Wildman–Crippen LogP) is 6.71. The molecule has 1 aliphatic rings. The number of aromatic nitrogens is 2. The maximum atomic E-state index is 13.0. The molecule has 38 heavy (non-hydrogen) atoms. The Balaban J connectivity index is 1.53. The molecule has 1 aromatic heterocycles. The average molecular weight is 506 g/mol. The number of hydrogen-bond donors (Lipinski definition) is 2. The largest absolute Gasteiger partial charge is 0.477 e. The number of para-hydroxylation sites is 1. The monoisotopic (exact) mass is 505 g/mol. The number of carbonyl (C=O) groups is 1. The van der Waals surface area contributed by atoms with Crippen LogP contribution in [0.1, 0.15) is 59.4 Å². The van der Waals surface area contributed by atoms with E-state index < -0.39 is 11.5 Å². The molecule has 1 aliphatic heterocycles. The fourth-order valence-electron chi connectivity index (χ4n) is 5.08. The summed E-state index contributed by atoms with van der Waals surface area (Å²) in [4.78, 5) is 27.2. The number of nitrogens with zero attached hydrogens (tertiary/aromatic N) is 2. The van der Waals surface area contributed by atoms with Gasteiger partial charge in [0, 0.05) is 17.9 Å². The maximum absolute atomic E-state index is 13.0. The quantitative estimate of drug-likeness (QED) is 0.296. The van der Waals surface area contributed by atoms with Crippen molar-refractivity contribution < 1.29 is 9.90 Å². The molecule has 0 radical (unpaired) electrons. The Labute approximate surface area is 222 Å². The summed E-state index contributed by atoms with van der Waals surface area (Å²) in [5.41, 5.74) is 8.87. The molecule has 0 bridgehead atoms. The van der Waals surface area contributed by atoms with Crippen LogP contribution in [0, 0.1) is 6.92 Å². The molecule has 0 spiro atoms. The van der Waals surface area contributed by atoms with Crippen LogP contribution in [0.5, 0.6) is 0 Å². The Morgan fingerprint density at radius 3 is 2.45 bits per heavy atom. The van der Waals surface area contributed by atoms with Gasteiger partial charge in [0.05, 0.1) is 11.3 Å². The Kier molecular flexibility index (Phi) is 6.66. The summed E-state index contributed by atoms with van der Waals surface area (Å²) >= 11 is 0. The van der Waals surface area contributed by atoms with Gasteiger partial charge in [0.2, 0.25) is 0 Å². The van der Waals surface area contributed by atoms with Gasteiger partial charge < -0.3 is 10.0 Å². The van der Waals surface area contributed by atoms with E-state index in [4.69, 9.17) is 0 Å². The minimum absolute atomic E-state index is 0.0110. The SMILES string of the molecule is Cc1ccc(N2CCCC(C)(C)c3cc(C=C=Cc4c(C(=O)O)[nH]n(-c5ccccc5)c4=O)ccc32)cc1. The number of aromatic amines is 1. The lowest BCUT2D eigenvalue weighted by Crippen LogP contribution is -2.19. The van der Waals surface area contributed by atoms with Gasteiger partial charge in [-0.25, -0.2) is 9.48 Å². The third-order valence-corrected chi connectivity index (χ3v) is 7.20. The summed E-state index contributed by atoms with van der Waals surface area (Å²) in [7, 11) is 0. The van der Waals surface area contributed by atoms with Gasteiger partial charge >= 0.3 is 5.97 Å². The fraction of sp³-hybridized carbons (Fsp3) is 0.219. The Bertz CT molecular complexity index is 1600. The van der Waals surface area contributed by atoms with Gasteiger partial charge in [0.25, 0.3) is 5.56 Å². The van der Waals surface area contributed by atoms with Crippen molar-refractivity contribution in [2.75, 3.05) is 11.4 Å². The average Bonchev–Trinajstić information content (AvgIpc) is 3.17. The molecule has 0 saturated carbocycles. The van der Waals surface area contributed by atoms with Crippen molar-refractivity contribution in [3.05, 3.63) is 117 Å². The van der Waals surface area contributed by atoms with Crippen molar-refractivity contribution in [1.82, 2.24) is 9.78 Å². The second-order valence-electron chi connectivity index (χ2n) is 10.4. The van der Waals surface area contributed by atoms with Crippen LogP contribution in [0.15, 0.2) is 83.3 Å². The van der Waals surface area contributed by atoms with Crippen molar-refractivity contribution in [2.24, 2.45) is 0 Å². The van der Waals surface area contributed by atoms with Crippen LogP contribution in [-0.4, -0.2) is 27.4 Å². The highest BCUT2D eigenvalue weighted by molar-refractivity contribution is 5.90. The smallest absolute Gasteiger partial charge is 0.354 e. The number of H-pyrrole nitrogens is 1. The van der Waals surface area contributed by atoms with Crippen LogP contribution >= 0.6 is 0 Å². The number of nitrogens with one attached hydrogen (secondary N) is 1. The summed E-state index contributed by atoms with van der Waals surface area (Å²) in [5.74, 6) is -1.20. The second-order valence-corrected chi connectivity index (χ2v) is 10.4. The first-order chi connectivity index (χ1) is 18.2. The minimum Gasteiger partial charge on any atom is -0.477 e. The molecule has 6 nitrogen and oxygen atoms in total. The number of fused-ring (bicyclic) bond motifs is 1. The Hall–Kier alpha value is -4.54. The molecule has 5 rings (SSSR count). The normalized spacial score (nSPS) is 14.2. The molecule has 0 saturated heterocycles. The first-order valence-corrected chi connectivity index (χ1v) is 12.8. The molecule has 3 aromatic carbocycles. The van der Waals surface area contributed by atoms with E-state index >= 15 is 0 Å². The predicted molar refractivity (Wildman–Crippen MR) is 153 cm³/mol. The van der Waals surface area contributed by atoms with Crippen LogP contribution in [0.25, 0.3) is 17.8 Å². The lowest BCUT2D eigenvalue weighted by Gasteiger charge is -2.29. The van der Waals surface area contributed by atoms with Gasteiger partial charge in [-0.2, -0.15) is 0 Å². The molecule has 0 amide bonds. The van der Waals surface area contributed by atoms with Gasteiger partial charge in [-0.05, 0) is 84.9 Å². The van der Waals surface area contributed by atoms with E-state index in [0.717, 1.165) is 24.9 Å². The first-order valence-electron chi connectivity index (χ1n) is 12.8. The van der Waals surface area contributed by atoms with Crippen molar-refractivity contribution in [3.63, 3.8) is 0 Å². The highest BCUT2D eigenvalue weighted by Gasteiger charge is 2.29. The van der Waals surface area contributed by atoms with Gasteiger partial charge in [-0.3, -0.25) is 9.89 Å². The van der Waals surface area contributed by atoms with Crippen molar-refractivity contribution in [1.29, 1.82) is 0 Å². The number of aromatic carboxylic acids is 1. The van der Waals surface area contributed by atoms with Crippen molar-refractivity contribution in [2.45, 2.75) is 39.0 Å².